The molecule has 0 aromatic heterocycles. The van der Waals surface area contributed by atoms with E-state index in [1.807, 2.05) is 19.2 Å². The number of nitrogens with one attached hydrogen (secondary N) is 1. The predicted molar refractivity (Wildman–Crippen MR) is 72.1 cm³/mol. The molecule has 1 aromatic carbocycles. The van der Waals surface area contributed by atoms with Crippen molar-refractivity contribution in [3.63, 3.8) is 0 Å². The zero-order chi connectivity index (χ0) is 13.2. The van der Waals surface area contributed by atoms with Crippen molar-refractivity contribution in [1.29, 1.82) is 0 Å². The second kappa shape index (κ2) is 5.26. The van der Waals surface area contributed by atoms with Crippen LogP contribution in [0, 0.1) is 5.92 Å². The fourth-order valence-corrected chi connectivity index (χ4v) is 3.22. The lowest BCUT2D eigenvalue weighted by Crippen LogP contribution is -2.26. The van der Waals surface area contributed by atoms with Gasteiger partial charge in [0.25, 0.3) is 0 Å². The minimum absolute atomic E-state index is 0.218. The number of hydrogen-bond acceptors (Lipinski definition) is 4. The number of nitrogens with two attached hydrogens (primary N) is 1. The Morgan fingerprint density at radius 1 is 1.44 bits per heavy atom. The molecule has 6 heteroatoms. The van der Waals surface area contributed by atoms with Crippen LogP contribution < -0.4 is 15.4 Å². The molecule has 0 spiro atoms. The summed E-state index contributed by atoms with van der Waals surface area (Å²) in [6, 6.07) is 6.93. The molecule has 0 radical (unpaired) electrons. The highest BCUT2D eigenvalue weighted by Gasteiger charge is 2.25. The number of anilines is 1. The Labute approximate surface area is 108 Å². The highest BCUT2D eigenvalue weighted by Crippen LogP contribution is 2.28. The largest absolute Gasteiger partial charge is 0.370 e. The molecule has 0 bridgehead atoms. The Morgan fingerprint density at radius 3 is 2.83 bits per heavy atom. The highest BCUT2D eigenvalue weighted by molar-refractivity contribution is 7.89. The van der Waals surface area contributed by atoms with Gasteiger partial charge in [0.1, 0.15) is 4.90 Å². The Morgan fingerprint density at radius 2 is 2.17 bits per heavy atom. The molecular weight excluding hydrogens is 250 g/mol. The van der Waals surface area contributed by atoms with Gasteiger partial charge in [-0.1, -0.05) is 12.1 Å². The van der Waals surface area contributed by atoms with E-state index in [4.69, 9.17) is 5.14 Å². The third-order valence-electron chi connectivity index (χ3n) is 3.29. The van der Waals surface area contributed by atoms with Gasteiger partial charge in [-0.05, 0) is 38.1 Å². The van der Waals surface area contributed by atoms with Crippen LogP contribution in [0.1, 0.15) is 6.42 Å². The third-order valence-corrected chi connectivity index (χ3v) is 4.25. The van der Waals surface area contributed by atoms with Crippen molar-refractivity contribution >= 4 is 15.7 Å². The van der Waals surface area contributed by atoms with Crippen molar-refractivity contribution in [2.45, 2.75) is 11.3 Å². The standard InChI is InChI=1S/C12H19N3O2S/c1-14-8-10-6-7-15(9-10)11-4-2-3-5-12(11)18(13,16)17/h2-5,10,14H,6-9H2,1H3,(H2,13,16,17). The van der Waals surface area contributed by atoms with Gasteiger partial charge in [-0.25, -0.2) is 13.6 Å². The first-order valence-electron chi connectivity index (χ1n) is 6.03. The van der Waals surface area contributed by atoms with Crippen LogP contribution in [-0.4, -0.2) is 35.1 Å². The summed E-state index contributed by atoms with van der Waals surface area (Å²) in [6.45, 7) is 2.69. The fraction of sp³-hybridized carbons (Fsp3) is 0.500. The summed E-state index contributed by atoms with van der Waals surface area (Å²) in [4.78, 5) is 2.32. The van der Waals surface area contributed by atoms with E-state index in [0.717, 1.165) is 31.7 Å². The topological polar surface area (TPSA) is 75.4 Å². The molecular formula is C12H19N3O2S. The van der Waals surface area contributed by atoms with E-state index in [1.165, 1.54) is 0 Å². The van der Waals surface area contributed by atoms with Crippen molar-refractivity contribution < 1.29 is 8.42 Å². The van der Waals surface area contributed by atoms with Gasteiger partial charge in [0.05, 0.1) is 5.69 Å². The molecule has 18 heavy (non-hydrogen) atoms. The molecule has 1 unspecified atom stereocenters. The molecule has 100 valence electrons. The summed E-state index contributed by atoms with van der Waals surface area (Å²) >= 11 is 0. The molecule has 0 saturated carbocycles. The van der Waals surface area contributed by atoms with Crippen LogP contribution in [0.2, 0.25) is 0 Å². The van der Waals surface area contributed by atoms with E-state index < -0.39 is 10.0 Å². The van der Waals surface area contributed by atoms with Crippen LogP contribution >= 0.6 is 0 Å². The quantitative estimate of drug-likeness (QED) is 0.828. The molecule has 5 nitrogen and oxygen atoms in total. The van der Waals surface area contributed by atoms with Crippen LogP contribution in [0.4, 0.5) is 5.69 Å². The smallest absolute Gasteiger partial charge is 0.240 e. The molecule has 0 aliphatic carbocycles. The van der Waals surface area contributed by atoms with Crippen LogP contribution in [0.25, 0.3) is 0 Å². The number of nitrogens with zero attached hydrogens (tertiary/aromatic N) is 1. The predicted octanol–water partition coefficient (Wildman–Crippen LogP) is 0.380. The zero-order valence-corrected chi connectivity index (χ0v) is 11.3. The summed E-state index contributed by atoms with van der Waals surface area (Å²) in [5, 5.41) is 8.41. The van der Waals surface area contributed by atoms with Gasteiger partial charge in [0.2, 0.25) is 10.0 Å². The SMILES string of the molecule is CNCC1CCN(c2ccccc2S(N)(=O)=O)C1. The van der Waals surface area contributed by atoms with Gasteiger partial charge < -0.3 is 10.2 Å². The Hall–Kier alpha value is -1.11. The lowest BCUT2D eigenvalue weighted by molar-refractivity contribution is 0.549. The second-order valence-electron chi connectivity index (χ2n) is 4.67. The maximum atomic E-state index is 11.6. The van der Waals surface area contributed by atoms with E-state index in [2.05, 4.69) is 10.2 Å². The molecule has 1 fully saturated rings. The average Bonchev–Trinajstić information content (AvgIpc) is 2.77. The average molecular weight is 269 g/mol. The number of benzene rings is 1. The van der Waals surface area contributed by atoms with E-state index in [0.29, 0.717) is 5.92 Å². The van der Waals surface area contributed by atoms with Crippen molar-refractivity contribution in [2.24, 2.45) is 11.1 Å². The summed E-state index contributed by atoms with van der Waals surface area (Å²) in [5.41, 5.74) is 0.721. The zero-order valence-electron chi connectivity index (χ0n) is 10.5. The maximum Gasteiger partial charge on any atom is 0.240 e. The Kier molecular flexibility index (Phi) is 3.89. The Bertz CT molecular complexity index is 516. The van der Waals surface area contributed by atoms with Gasteiger partial charge >= 0.3 is 0 Å². The van der Waals surface area contributed by atoms with Gasteiger partial charge in [-0.2, -0.15) is 0 Å². The summed E-state index contributed by atoms with van der Waals surface area (Å²) in [5.74, 6) is 0.559. The van der Waals surface area contributed by atoms with Crippen molar-refractivity contribution in [3.05, 3.63) is 24.3 Å². The highest BCUT2D eigenvalue weighted by atomic mass is 32.2. The summed E-state index contributed by atoms with van der Waals surface area (Å²) in [7, 11) is -1.73. The fourth-order valence-electron chi connectivity index (χ4n) is 2.47. The number of hydrogen-bond donors (Lipinski definition) is 2. The summed E-state index contributed by atoms with van der Waals surface area (Å²) < 4.78 is 23.1. The molecule has 2 rings (SSSR count). The second-order valence-corrected chi connectivity index (χ2v) is 6.20. The molecule has 1 saturated heterocycles. The first-order valence-corrected chi connectivity index (χ1v) is 7.58. The maximum absolute atomic E-state index is 11.6. The molecule has 3 N–H and O–H groups in total. The summed E-state index contributed by atoms with van der Waals surface area (Å²) in [6.07, 6.45) is 1.07. The third kappa shape index (κ3) is 2.82. The van der Waals surface area contributed by atoms with Gasteiger partial charge in [-0.15, -0.1) is 0 Å². The van der Waals surface area contributed by atoms with Crippen LogP contribution in [-0.2, 0) is 10.0 Å². The van der Waals surface area contributed by atoms with Gasteiger partial charge in [-0.3, -0.25) is 0 Å². The van der Waals surface area contributed by atoms with E-state index in [-0.39, 0.29) is 4.90 Å². The monoisotopic (exact) mass is 269 g/mol. The van der Waals surface area contributed by atoms with Crippen LogP contribution in [0.3, 0.4) is 0 Å². The number of rotatable bonds is 4. The van der Waals surface area contributed by atoms with E-state index in [9.17, 15) is 8.42 Å². The van der Waals surface area contributed by atoms with Crippen molar-refractivity contribution in [3.8, 4) is 0 Å². The van der Waals surface area contributed by atoms with Gasteiger partial charge in [0, 0.05) is 13.1 Å². The lowest BCUT2D eigenvalue weighted by Gasteiger charge is -2.21. The number of sulfonamides is 1. The lowest BCUT2D eigenvalue weighted by atomic mass is 10.1. The van der Waals surface area contributed by atoms with E-state index >= 15 is 0 Å². The van der Waals surface area contributed by atoms with Crippen LogP contribution in [0.15, 0.2) is 29.2 Å². The Balaban J connectivity index is 2.25. The minimum Gasteiger partial charge on any atom is -0.370 e. The van der Waals surface area contributed by atoms with Crippen molar-refractivity contribution in [1.82, 2.24) is 5.32 Å². The normalized spacial score (nSPS) is 20.3. The first-order chi connectivity index (χ1) is 8.52. The van der Waals surface area contributed by atoms with Crippen LogP contribution in [0.5, 0.6) is 0 Å². The minimum atomic E-state index is -3.66. The molecule has 1 atom stereocenters. The molecule has 1 heterocycles. The molecule has 1 aliphatic heterocycles. The number of para-hydroxylation sites is 1. The molecule has 1 aliphatic rings. The molecule has 1 aromatic rings. The molecule has 0 amide bonds. The van der Waals surface area contributed by atoms with Crippen molar-refractivity contribution in [2.75, 3.05) is 31.6 Å². The van der Waals surface area contributed by atoms with E-state index in [1.54, 1.807) is 12.1 Å². The number of primary sulfonamides is 1. The first kappa shape index (κ1) is 13.3. The van der Waals surface area contributed by atoms with Gasteiger partial charge in [0.15, 0.2) is 0 Å².